The summed E-state index contributed by atoms with van der Waals surface area (Å²) in [5.41, 5.74) is 0. The average molecular weight is 240 g/mol. The van der Waals surface area contributed by atoms with E-state index in [1.165, 1.54) is 0 Å². The Morgan fingerprint density at radius 3 is 1.72 bits per heavy atom. The van der Waals surface area contributed by atoms with Gasteiger partial charge in [-0.15, -0.1) is 0 Å². The van der Waals surface area contributed by atoms with Crippen molar-refractivity contribution in [3.8, 4) is 0 Å². The molecular formula is C12H12N6. The van der Waals surface area contributed by atoms with Gasteiger partial charge >= 0.3 is 0 Å². The first-order valence-electron chi connectivity index (χ1n) is 5.48. The van der Waals surface area contributed by atoms with E-state index in [-0.39, 0.29) is 0 Å². The van der Waals surface area contributed by atoms with Gasteiger partial charge in [-0.3, -0.25) is 14.8 Å². The fourth-order valence-corrected chi connectivity index (χ4v) is 1.64. The van der Waals surface area contributed by atoms with Crippen molar-refractivity contribution in [2.24, 2.45) is 0 Å². The second kappa shape index (κ2) is 4.21. The molecular weight excluding hydrogens is 228 g/mol. The van der Waals surface area contributed by atoms with Gasteiger partial charge in [0.15, 0.2) is 11.6 Å². The Balaban J connectivity index is 1.81. The molecule has 0 N–H and O–H groups in total. The van der Waals surface area contributed by atoms with Gasteiger partial charge in [0.2, 0.25) is 13.3 Å². The first-order chi connectivity index (χ1) is 8.72. The van der Waals surface area contributed by atoms with Crippen LogP contribution in [0, 0.1) is 13.3 Å². The summed E-state index contributed by atoms with van der Waals surface area (Å²) < 4.78 is 0. The van der Waals surface area contributed by atoms with E-state index in [0.717, 1.165) is 11.6 Å². The van der Waals surface area contributed by atoms with Crippen molar-refractivity contribution in [3.05, 3.63) is 50.5 Å². The zero-order chi connectivity index (χ0) is 12.5. The van der Waals surface area contributed by atoms with Crippen LogP contribution in [-0.4, -0.2) is 33.9 Å². The molecule has 90 valence electrons. The molecule has 0 atom stereocenters. The van der Waals surface area contributed by atoms with Crippen molar-refractivity contribution in [3.63, 3.8) is 0 Å². The lowest BCUT2D eigenvalue weighted by atomic mass is 10.5. The quantitative estimate of drug-likeness (QED) is 0.765. The minimum Gasteiger partial charge on any atom is -0.349 e. The highest BCUT2D eigenvalue weighted by Crippen LogP contribution is 2.23. The van der Waals surface area contributed by atoms with Gasteiger partial charge in [0.05, 0.1) is 12.4 Å². The Bertz CT molecular complexity index is 456. The lowest BCUT2D eigenvalue weighted by molar-refractivity contribution is 0.571. The molecule has 0 spiro atoms. The van der Waals surface area contributed by atoms with Gasteiger partial charge in [0.1, 0.15) is 0 Å². The fourth-order valence-electron chi connectivity index (χ4n) is 1.64. The minimum absolute atomic E-state index is 0.720. The van der Waals surface area contributed by atoms with E-state index >= 15 is 0 Å². The Hall–Kier alpha value is -2.24. The maximum atomic E-state index is 4.51. The highest BCUT2D eigenvalue weighted by Gasteiger charge is 2.18. The molecule has 3 heterocycles. The molecule has 0 aliphatic carbocycles. The molecule has 6 nitrogen and oxygen atoms in total. The van der Waals surface area contributed by atoms with Crippen molar-refractivity contribution < 1.29 is 0 Å². The van der Waals surface area contributed by atoms with Gasteiger partial charge in [-0.25, -0.2) is 4.98 Å². The van der Waals surface area contributed by atoms with Crippen molar-refractivity contribution in [2.45, 2.75) is 0 Å². The molecule has 0 saturated heterocycles. The maximum Gasteiger partial charge on any atom is 0.213 e. The van der Waals surface area contributed by atoms with E-state index in [1.807, 2.05) is 48.7 Å². The summed E-state index contributed by atoms with van der Waals surface area (Å²) in [6.45, 7) is 6.16. The lowest BCUT2D eigenvalue weighted by Crippen LogP contribution is -2.19. The summed E-state index contributed by atoms with van der Waals surface area (Å²) in [6.07, 6.45) is 11.0. The monoisotopic (exact) mass is 240 g/mol. The molecule has 4 radical (unpaired) electrons. The van der Waals surface area contributed by atoms with E-state index in [0.29, 0.717) is 0 Å². The molecule has 6 heteroatoms. The molecule has 0 saturated carbocycles. The first kappa shape index (κ1) is 10.9. The zero-order valence-electron chi connectivity index (χ0n) is 10.1. The minimum atomic E-state index is 0.720. The van der Waals surface area contributed by atoms with Gasteiger partial charge in [-0.2, -0.15) is 0 Å². The third-order valence-electron chi connectivity index (χ3n) is 2.51. The first-order valence-corrected chi connectivity index (χ1v) is 5.48. The Labute approximate surface area is 106 Å². The molecule has 3 rings (SSSR count). The Morgan fingerprint density at radius 1 is 0.833 bits per heavy atom. The van der Waals surface area contributed by atoms with Crippen LogP contribution >= 0.6 is 0 Å². The lowest BCUT2D eigenvalue weighted by Gasteiger charge is -2.18. The largest absolute Gasteiger partial charge is 0.349 e. The highest BCUT2D eigenvalue weighted by molar-refractivity contribution is 5.52. The second-order valence-corrected chi connectivity index (χ2v) is 3.99. The molecule has 0 unspecified atom stereocenters. The summed E-state index contributed by atoms with van der Waals surface area (Å²) >= 11 is 0. The van der Waals surface area contributed by atoms with E-state index in [9.17, 15) is 0 Å². The smallest absolute Gasteiger partial charge is 0.213 e. The number of aromatic nitrogens is 2. The fraction of sp³-hybridized carbons (Fsp3) is 0.167. The van der Waals surface area contributed by atoms with Crippen LogP contribution in [-0.2, 0) is 0 Å². The molecule has 0 bridgehead atoms. The Kier molecular flexibility index (Phi) is 2.55. The summed E-state index contributed by atoms with van der Waals surface area (Å²) in [7, 11) is 3.82. The average Bonchev–Trinajstić information content (AvgIpc) is 2.98. The van der Waals surface area contributed by atoms with Crippen LogP contribution in [0.1, 0.15) is 0 Å². The molecule has 0 fully saturated rings. The summed E-state index contributed by atoms with van der Waals surface area (Å²) in [5, 5.41) is 0. The van der Waals surface area contributed by atoms with Crippen LogP contribution in [0.4, 0.5) is 11.6 Å². The van der Waals surface area contributed by atoms with Gasteiger partial charge in [-0.1, -0.05) is 0 Å². The normalized spacial score (nSPS) is 18.3. The number of nitrogens with zero attached hydrogens (tertiary/aromatic N) is 6. The van der Waals surface area contributed by atoms with Crippen LogP contribution in [0.3, 0.4) is 0 Å². The molecule has 2 aliphatic rings. The number of hydrogen-bond acceptors (Lipinski definition) is 6. The standard InChI is InChI=1S/C12H12N6/c1-15-3-5-17(9-15)11-7-13-8-12(14-11)18-6-4-16(2)10-18/h3-8H,1-2H3. The van der Waals surface area contributed by atoms with E-state index < -0.39 is 0 Å². The third-order valence-corrected chi connectivity index (χ3v) is 2.51. The Morgan fingerprint density at radius 2 is 1.33 bits per heavy atom. The van der Waals surface area contributed by atoms with E-state index in [4.69, 9.17) is 0 Å². The topological polar surface area (TPSA) is 38.7 Å². The molecule has 0 aromatic carbocycles. The van der Waals surface area contributed by atoms with E-state index in [2.05, 4.69) is 23.3 Å². The SMILES string of the molecule is CN1[C]N(c2cncc(N3[C]N(C)C=C3)n2)C=C1. The van der Waals surface area contributed by atoms with Gasteiger partial charge in [-0.05, 0) is 0 Å². The van der Waals surface area contributed by atoms with Crippen molar-refractivity contribution in [1.82, 2.24) is 19.8 Å². The molecule has 18 heavy (non-hydrogen) atoms. The molecule has 0 amide bonds. The third kappa shape index (κ3) is 1.97. The predicted molar refractivity (Wildman–Crippen MR) is 67.3 cm³/mol. The zero-order valence-corrected chi connectivity index (χ0v) is 10.1. The van der Waals surface area contributed by atoms with E-state index in [1.54, 1.807) is 22.2 Å². The van der Waals surface area contributed by atoms with Gasteiger partial charge in [0.25, 0.3) is 0 Å². The van der Waals surface area contributed by atoms with Crippen LogP contribution in [0.25, 0.3) is 0 Å². The van der Waals surface area contributed by atoms with Crippen molar-refractivity contribution in [2.75, 3.05) is 23.9 Å². The van der Waals surface area contributed by atoms with Crippen LogP contribution < -0.4 is 9.80 Å². The van der Waals surface area contributed by atoms with Crippen LogP contribution in [0.15, 0.2) is 37.2 Å². The van der Waals surface area contributed by atoms with Crippen LogP contribution in [0.5, 0.6) is 0 Å². The number of rotatable bonds is 2. The van der Waals surface area contributed by atoms with Gasteiger partial charge in [0, 0.05) is 38.9 Å². The summed E-state index contributed by atoms with van der Waals surface area (Å²) in [4.78, 5) is 15.9. The maximum absolute atomic E-state index is 4.51. The predicted octanol–water partition coefficient (Wildman–Crippen LogP) is 0.915. The summed E-state index contributed by atoms with van der Waals surface area (Å²) in [6, 6.07) is 0. The molecule has 1 aromatic heterocycles. The van der Waals surface area contributed by atoms with Gasteiger partial charge < -0.3 is 9.80 Å². The summed E-state index contributed by atoms with van der Waals surface area (Å²) in [5.74, 6) is 1.44. The van der Waals surface area contributed by atoms with Crippen molar-refractivity contribution in [1.29, 1.82) is 0 Å². The molecule has 1 aromatic rings. The number of hydrogen-bond donors (Lipinski definition) is 0. The highest BCUT2D eigenvalue weighted by atomic mass is 15.4. The van der Waals surface area contributed by atoms with Crippen LogP contribution in [0.2, 0.25) is 0 Å². The molecule has 2 aliphatic heterocycles. The van der Waals surface area contributed by atoms with Crippen molar-refractivity contribution >= 4 is 11.6 Å². The second-order valence-electron chi connectivity index (χ2n) is 3.99. The number of anilines is 2.